The van der Waals surface area contributed by atoms with Gasteiger partial charge in [-0.15, -0.1) is 11.3 Å². The highest BCUT2D eigenvalue weighted by atomic mass is 32.1. The van der Waals surface area contributed by atoms with Gasteiger partial charge in [-0.3, -0.25) is 9.69 Å². The molecule has 1 fully saturated rings. The number of nitrogens with zero attached hydrogens (tertiary/aromatic N) is 1. The molecule has 0 aliphatic heterocycles. The van der Waals surface area contributed by atoms with Crippen LogP contribution in [-0.2, 0) is 0 Å². The molecule has 3 rings (SSSR count). The Kier molecular flexibility index (Phi) is 4.78. The molecule has 2 aromatic rings. The molecular formula is C18H21FN2OS. The molecular weight excluding hydrogens is 311 g/mol. The molecule has 1 saturated carbocycles. The normalized spacial score (nSPS) is 15.7. The fourth-order valence-corrected chi connectivity index (χ4v) is 3.53. The van der Waals surface area contributed by atoms with Crippen molar-refractivity contribution in [1.29, 1.82) is 0 Å². The Labute approximate surface area is 140 Å². The average molecular weight is 332 g/mol. The molecule has 5 heteroatoms. The maximum absolute atomic E-state index is 13.8. The fourth-order valence-electron chi connectivity index (χ4n) is 2.58. The zero-order valence-corrected chi connectivity index (χ0v) is 14.2. The van der Waals surface area contributed by atoms with Gasteiger partial charge in [-0.2, -0.15) is 0 Å². The van der Waals surface area contributed by atoms with E-state index in [0.717, 1.165) is 4.88 Å². The minimum Gasteiger partial charge on any atom is -0.350 e. The Morgan fingerprint density at radius 1 is 1.35 bits per heavy atom. The van der Waals surface area contributed by atoms with Crippen molar-refractivity contribution in [3.63, 3.8) is 0 Å². The Morgan fingerprint density at radius 3 is 2.78 bits per heavy atom. The van der Waals surface area contributed by atoms with Crippen LogP contribution >= 0.6 is 11.3 Å². The van der Waals surface area contributed by atoms with Gasteiger partial charge in [0.2, 0.25) is 0 Å². The summed E-state index contributed by atoms with van der Waals surface area (Å²) >= 11 is 1.32. The number of hydrogen-bond acceptors (Lipinski definition) is 3. The molecule has 1 aliphatic carbocycles. The number of nitrogens with one attached hydrogen (secondary N) is 1. The molecule has 1 aromatic heterocycles. The standard InChI is InChI=1S/C18H21FN2OS/c1-12(21(2)13-7-8-13)11-20-18(22)17-10-9-16(23-17)14-5-3-4-6-15(14)19/h3-6,9-10,12-13H,7-8,11H2,1-2H3,(H,20,22). The second-order valence-electron chi connectivity index (χ2n) is 6.10. The van der Waals surface area contributed by atoms with Gasteiger partial charge in [0.15, 0.2) is 0 Å². The number of hydrogen-bond donors (Lipinski definition) is 1. The summed E-state index contributed by atoms with van der Waals surface area (Å²) in [6.45, 7) is 2.75. The van der Waals surface area contributed by atoms with Gasteiger partial charge in [-0.1, -0.05) is 18.2 Å². The van der Waals surface area contributed by atoms with Crippen molar-refractivity contribution < 1.29 is 9.18 Å². The molecule has 1 unspecified atom stereocenters. The van der Waals surface area contributed by atoms with Crippen LogP contribution in [0.5, 0.6) is 0 Å². The van der Waals surface area contributed by atoms with Gasteiger partial charge in [-0.05, 0) is 45.0 Å². The van der Waals surface area contributed by atoms with E-state index < -0.39 is 0 Å². The SMILES string of the molecule is CC(CNC(=O)c1ccc(-c2ccccc2F)s1)N(C)C1CC1. The highest BCUT2D eigenvalue weighted by Gasteiger charge is 2.29. The van der Waals surface area contributed by atoms with Crippen LogP contribution < -0.4 is 5.32 Å². The third-order valence-electron chi connectivity index (χ3n) is 4.35. The number of benzene rings is 1. The number of carbonyl (C=O) groups is 1. The molecule has 1 aliphatic rings. The van der Waals surface area contributed by atoms with E-state index in [4.69, 9.17) is 0 Å². The van der Waals surface area contributed by atoms with Crippen LogP contribution in [0.25, 0.3) is 10.4 Å². The Morgan fingerprint density at radius 2 is 2.09 bits per heavy atom. The van der Waals surface area contributed by atoms with Crippen molar-refractivity contribution in [3.05, 3.63) is 47.1 Å². The lowest BCUT2D eigenvalue weighted by Gasteiger charge is -2.24. The molecule has 1 N–H and O–H groups in total. The minimum atomic E-state index is -0.263. The first-order valence-electron chi connectivity index (χ1n) is 7.91. The van der Waals surface area contributed by atoms with E-state index in [1.54, 1.807) is 30.3 Å². The van der Waals surface area contributed by atoms with Crippen molar-refractivity contribution in [2.24, 2.45) is 0 Å². The molecule has 1 amide bonds. The van der Waals surface area contributed by atoms with Gasteiger partial charge < -0.3 is 5.32 Å². The zero-order chi connectivity index (χ0) is 16.4. The van der Waals surface area contributed by atoms with Gasteiger partial charge in [0.25, 0.3) is 5.91 Å². The van der Waals surface area contributed by atoms with Crippen LogP contribution in [0.3, 0.4) is 0 Å². The monoisotopic (exact) mass is 332 g/mol. The van der Waals surface area contributed by atoms with Crippen molar-refractivity contribution >= 4 is 17.2 Å². The van der Waals surface area contributed by atoms with Gasteiger partial charge in [0.05, 0.1) is 4.88 Å². The third kappa shape index (κ3) is 3.79. The lowest BCUT2D eigenvalue weighted by Crippen LogP contribution is -2.41. The van der Waals surface area contributed by atoms with Gasteiger partial charge in [0, 0.05) is 29.1 Å². The molecule has 0 bridgehead atoms. The number of amides is 1. The van der Waals surface area contributed by atoms with Crippen molar-refractivity contribution in [1.82, 2.24) is 10.2 Å². The van der Waals surface area contributed by atoms with E-state index in [-0.39, 0.29) is 11.7 Å². The summed E-state index contributed by atoms with van der Waals surface area (Å²) in [6, 6.07) is 11.2. The van der Waals surface area contributed by atoms with Crippen LogP contribution in [-0.4, -0.2) is 36.5 Å². The molecule has 0 radical (unpaired) electrons. The first-order valence-corrected chi connectivity index (χ1v) is 8.73. The summed E-state index contributed by atoms with van der Waals surface area (Å²) in [7, 11) is 2.11. The lowest BCUT2D eigenvalue weighted by atomic mass is 10.2. The largest absolute Gasteiger partial charge is 0.350 e. The Hall–Kier alpha value is -1.72. The predicted octanol–water partition coefficient (Wildman–Crippen LogP) is 3.77. The summed E-state index contributed by atoms with van der Waals surface area (Å²) in [5.41, 5.74) is 0.540. The summed E-state index contributed by atoms with van der Waals surface area (Å²) in [5.74, 6) is -0.352. The molecule has 1 atom stereocenters. The van der Waals surface area contributed by atoms with Crippen LogP contribution in [0.15, 0.2) is 36.4 Å². The smallest absolute Gasteiger partial charge is 0.261 e. The molecule has 0 spiro atoms. The Bertz CT molecular complexity index is 696. The van der Waals surface area contributed by atoms with Crippen LogP contribution in [0, 0.1) is 5.82 Å². The molecule has 1 aromatic carbocycles. The third-order valence-corrected chi connectivity index (χ3v) is 5.46. The van der Waals surface area contributed by atoms with Crippen LogP contribution in [0.4, 0.5) is 4.39 Å². The maximum atomic E-state index is 13.8. The predicted molar refractivity (Wildman–Crippen MR) is 92.3 cm³/mol. The van der Waals surface area contributed by atoms with Crippen LogP contribution in [0.1, 0.15) is 29.4 Å². The molecule has 0 saturated heterocycles. The highest BCUT2D eigenvalue weighted by Crippen LogP contribution is 2.30. The van der Waals surface area contributed by atoms with Crippen LogP contribution in [0.2, 0.25) is 0 Å². The second kappa shape index (κ2) is 6.81. The van der Waals surface area contributed by atoms with E-state index in [1.165, 1.54) is 30.2 Å². The second-order valence-corrected chi connectivity index (χ2v) is 7.18. The maximum Gasteiger partial charge on any atom is 0.261 e. The number of carbonyl (C=O) groups excluding carboxylic acids is 1. The zero-order valence-electron chi connectivity index (χ0n) is 13.4. The number of thiophene rings is 1. The van der Waals surface area contributed by atoms with Crippen molar-refractivity contribution in [3.8, 4) is 10.4 Å². The van der Waals surface area contributed by atoms with E-state index >= 15 is 0 Å². The van der Waals surface area contributed by atoms with Gasteiger partial charge in [0.1, 0.15) is 5.82 Å². The lowest BCUT2D eigenvalue weighted by molar-refractivity contribution is 0.0943. The summed E-state index contributed by atoms with van der Waals surface area (Å²) in [4.78, 5) is 16.0. The topological polar surface area (TPSA) is 32.3 Å². The Balaban J connectivity index is 1.61. The highest BCUT2D eigenvalue weighted by molar-refractivity contribution is 7.17. The van der Waals surface area contributed by atoms with Crippen molar-refractivity contribution in [2.75, 3.05) is 13.6 Å². The quantitative estimate of drug-likeness (QED) is 0.873. The first kappa shape index (κ1) is 16.1. The summed E-state index contributed by atoms with van der Waals surface area (Å²) in [6.07, 6.45) is 2.51. The molecule has 3 nitrogen and oxygen atoms in total. The number of rotatable bonds is 6. The van der Waals surface area contributed by atoms with E-state index in [2.05, 4.69) is 24.2 Å². The minimum absolute atomic E-state index is 0.0892. The van der Waals surface area contributed by atoms with E-state index in [9.17, 15) is 9.18 Å². The number of likely N-dealkylation sites (N-methyl/N-ethyl adjacent to an activating group) is 1. The molecule has 1 heterocycles. The van der Waals surface area contributed by atoms with Crippen molar-refractivity contribution in [2.45, 2.75) is 31.8 Å². The molecule has 122 valence electrons. The van der Waals surface area contributed by atoms with Gasteiger partial charge >= 0.3 is 0 Å². The average Bonchev–Trinajstić information content (AvgIpc) is 3.29. The summed E-state index contributed by atoms with van der Waals surface area (Å²) < 4.78 is 13.8. The summed E-state index contributed by atoms with van der Waals surface area (Å²) in [5, 5.41) is 2.98. The number of halogens is 1. The fraction of sp³-hybridized carbons (Fsp3) is 0.389. The van der Waals surface area contributed by atoms with Gasteiger partial charge in [-0.25, -0.2) is 4.39 Å². The first-order chi connectivity index (χ1) is 11.1. The molecule has 23 heavy (non-hydrogen) atoms. The van der Waals surface area contributed by atoms with E-state index in [1.807, 2.05) is 0 Å². The van der Waals surface area contributed by atoms with E-state index in [0.29, 0.717) is 29.1 Å².